The second kappa shape index (κ2) is 8.67. The lowest BCUT2D eigenvalue weighted by Crippen LogP contribution is -2.15. The number of aliphatic hydroxyl groups is 1. The molecule has 4 aromatic rings. The van der Waals surface area contributed by atoms with Crippen LogP contribution in [0.5, 0.6) is 11.5 Å². The standard InChI is InChI=1S/C22H21FN6O3/c23-16-12-24-22(26-13-3-5-18-15(10-13)17(28-29-18)2-1-7-30)27-21(16)25-14-4-6-19-20(11-14)32-9-8-31-19/h3-6,10-12,30H,1-2,7-9H2,(H,28,29)(H2,24,25,26,27). The van der Waals surface area contributed by atoms with Crippen molar-refractivity contribution in [3.8, 4) is 11.5 Å². The zero-order chi connectivity index (χ0) is 21.9. The smallest absolute Gasteiger partial charge is 0.229 e. The lowest BCUT2D eigenvalue weighted by Gasteiger charge is -2.19. The number of nitrogens with zero attached hydrogens (tertiary/aromatic N) is 3. The molecule has 3 heterocycles. The topological polar surface area (TPSA) is 117 Å². The number of benzene rings is 2. The number of anilines is 4. The highest BCUT2D eigenvalue weighted by molar-refractivity contribution is 5.85. The molecular weight excluding hydrogens is 415 g/mol. The van der Waals surface area contributed by atoms with Crippen molar-refractivity contribution in [2.45, 2.75) is 12.8 Å². The van der Waals surface area contributed by atoms with E-state index in [0.29, 0.717) is 43.2 Å². The summed E-state index contributed by atoms with van der Waals surface area (Å²) in [5.41, 5.74) is 3.12. The van der Waals surface area contributed by atoms with E-state index in [0.717, 1.165) is 28.5 Å². The molecule has 9 nitrogen and oxygen atoms in total. The number of nitrogens with one attached hydrogen (secondary N) is 3. The van der Waals surface area contributed by atoms with Crippen LogP contribution in [0.2, 0.25) is 0 Å². The van der Waals surface area contributed by atoms with Gasteiger partial charge in [-0.05, 0) is 43.2 Å². The van der Waals surface area contributed by atoms with Crippen molar-refractivity contribution in [1.82, 2.24) is 20.2 Å². The summed E-state index contributed by atoms with van der Waals surface area (Å²) < 4.78 is 25.4. The van der Waals surface area contributed by atoms with Crippen LogP contribution < -0.4 is 20.1 Å². The van der Waals surface area contributed by atoms with Gasteiger partial charge >= 0.3 is 0 Å². The molecule has 164 valence electrons. The van der Waals surface area contributed by atoms with Gasteiger partial charge in [-0.1, -0.05) is 0 Å². The summed E-state index contributed by atoms with van der Waals surface area (Å²) in [6, 6.07) is 10.9. The van der Waals surface area contributed by atoms with Crippen LogP contribution in [0.25, 0.3) is 10.9 Å². The fourth-order valence-electron chi connectivity index (χ4n) is 3.49. The zero-order valence-corrected chi connectivity index (χ0v) is 17.1. The van der Waals surface area contributed by atoms with Gasteiger partial charge < -0.3 is 25.2 Å². The lowest BCUT2D eigenvalue weighted by molar-refractivity contribution is 0.171. The van der Waals surface area contributed by atoms with Gasteiger partial charge in [-0.2, -0.15) is 10.1 Å². The van der Waals surface area contributed by atoms with Crippen molar-refractivity contribution >= 4 is 34.0 Å². The molecule has 1 aliphatic rings. The molecule has 2 aromatic heterocycles. The monoisotopic (exact) mass is 436 g/mol. The quantitative estimate of drug-likeness (QED) is 0.347. The minimum absolute atomic E-state index is 0.0344. The largest absolute Gasteiger partial charge is 0.486 e. The Morgan fingerprint density at radius 3 is 2.72 bits per heavy atom. The fourth-order valence-corrected chi connectivity index (χ4v) is 3.49. The SMILES string of the molecule is OCCCc1n[nH]c2ccc(Nc3ncc(F)c(Nc4ccc5c(c4)OCCO5)n3)cc12. The number of ether oxygens (including phenoxy) is 2. The first-order valence-electron chi connectivity index (χ1n) is 10.2. The van der Waals surface area contributed by atoms with Crippen molar-refractivity contribution in [2.24, 2.45) is 0 Å². The highest BCUT2D eigenvalue weighted by Crippen LogP contribution is 2.34. The number of rotatable bonds is 7. The van der Waals surface area contributed by atoms with Gasteiger partial charge in [0.2, 0.25) is 5.95 Å². The van der Waals surface area contributed by atoms with Crippen molar-refractivity contribution in [2.75, 3.05) is 30.5 Å². The summed E-state index contributed by atoms with van der Waals surface area (Å²) in [6.45, 7) is 1.08. The van der Waals surface area contributed by atoms with E-state index in [9.17, 15) is 4.39 Å². The van der Waals surface area contributed by atoms with E-state index in [1.165, 1.54) is 0 Å². The van der Waals surface area contributed by atoms with Gasteiger partial charge in [0, 0.05) is 29.4 Å². The molecule has 5 rings (SSSR count). The first kappa shape index (κ1) is 20.0. The third kappa shape index (κ3) is 4.12. The van der Waals surface area contributed by atoms with Gasteiger partial charge in [-0.25, -0.2) is 9.37 Å². The number of H-pyrrole nitrogens is 1. The maximum absolute atomic E-state index is 14.4. The number of hydrogen-bond acceptors (Lipinski definition) is 8. The average molecular weight is 436 g/mol. The van der Waals surface area contributed by atoms with Crippen LogP contribution in [0.3, 0.4) is 0 Å². The molecule has 0 amide bonds. The maximum atomic E-state index is 14.4. The Balaban J connectivity index is 1.37. The molecule has 32 heavy (non-hydrogen) atoms. The van der Waals surface area contributed by atoms with Crippen LogP contribution in [0.1, 0.15) is 12.1 Å². The lowest BCUT2D eigenvalue weighted by atomic mass is 10.1. The third-order valence-electron chi connectivity index (χ3n) is 5.02. The molecule has 0 spiro atoms. The second-order valence-electron chi connectivity index (χ2n) is 7.26. The molecule has 0 saturated carbocycles. The second-order valence-corrected chi connectivity index (χ2v) is 7.26. The van der Waals surface area contributed by atoms with Crippen molar-refractivity contribution in [1.29, 1.82) is 0 Å². The van der Waals surface area contributed by atoms with Crippen LogP contribution in [0.15, 0.2) is 42.6 Å². The van der Waals surface area contributed by atoms with Gasteiger partial charge in [0.25, 0.3) is 0 Å². The molecule has 0 atom stereocenters. The van der Waals surface area contributed by atoms with Crippen molar-refractivity contribution in [3.63, 3.8) is 0 Å². The predicted octanol–water partition coefficient (Wildman–Crippen LogP) is 3.68. The summed E-state index contributed by atoms with van der Waals surface area (Å²) in [4.78, 5) is 8.33. The summed E-state index contributed by atoms with van der Waals surface area (Å²) in [5, 5.41) is 23.4. The Hall–Kier alpha value is -3.92. The number of halogens is 1. The Kier molecular flexibility index (Phi) is 5.42. The molecule has 1 aliphatic heterocycles. The highest BCUT2D eigenvalue weighted by atomic mass is 19.1. The fraction of sp³-hybridized carbons (Fsp3) is 0.227. The summed E-state index contributed by atoms with van der Waals surface area (Å²) in [7, 11) is 0. The van der Waals surface area contributed by atoms with Gasteiger partial charge in [-0.3, -0.25) is 5.10 Å². The van der Waals surface area contributed by atoms with Crippen molar-refractivity contribution in [3.05, 3.63) is 54.1 Å². The average Bonchev–Trinajstić information content (AvgIpc) is 3.22. The number of aryl methyl sites for hydroxylation is 1. The number of aliphatic hydroxyl groups excluding tert-OH is 1. The molecule has 0 radical (unpaired) electrons. The Morgan fingerprint density at radius 1 is 1.03 bits per heavy atom. The van der Waals surface area contributed by atoms with Gasteiger partial charge in [0.15, 0.2) is 23.1 Å². The van der Waals surface area contributed by atoms with Crippen LogP contribution in [0.4, 0.5) is 27.5 Å². The maximum Gasteiger partial charge on any atom is 0.229 e. The van der Waals surface area contributed by atoms with Crippen LogP contribution >= 0.6 is 0 Å². The van der Waals surface area contributed by atoms with Crippen LogP contribution in [0, 0.1) is 5.82 Å². The molecular formula is C22H21FN6O3. The number of aromatic amines is 1. The van der Waals surface area contributed by atoms with E-state index >= 15 is 0 Å². The summed E-state index contributed by atoms with van der Waals surface area (Å²) >= 11 is 0. The molecule has 0 unspecified atom stereocenters. The molecule has 0 bridgehead atoms. The van der Waals surface area contributed by atoms with E-state index in [4.69, 9.17) is 14.6 Å². The van der Waals surface area contributed by atoms with Gasteiger partial charge in [-0.15, -0.1) is 0 Å². The highest BCUT2D eigenvalue weighted by Gasteiger charge is 2.14. The van der Waals surface area contributed by atoms with Crippen LogP contribution in [-0.2, 0) is 6.42 Å². The normalized spacial score (nSPS) is 12.7. The molecule has 2 aromatic carbocycles. The Bertz CT molecular complexity index is 1260. The van der Waals surface area contributed by atoms with E-state index < -0.39 is 5.82 Å². The van der Waals surface area contributed by atoms with E-state index in [2.05, 4.69) is 30.8 Å². The van der Waals surface area contributed by atoms with E-state index in [1.54, 1.807) is 18.2 Å². The zero-order valence-electron chi connectivity index (χ0n) is 17.1. The molecule has 0 fully saturated rings. The van der Waals surface area contributed by atoms with E-state index in [-0.39, 0.29) is 18.4 Å². The minimum Gasteiger partial charge on any atom is -0.486 e. The third-order valence-corrected chi connectivity index (χ3v) is 5.02. The molecule has 0 saturated heterocycles. The van der Waals surface area contributed by atoms with Gasteiger partial charge in [0.05, 0.1) is 17.4 Å². The first-order valence-corrected chi connectivity index (χ1v) is 10.2. The summed E-state index contributed by atoms with van der Waals surface area (Å²) in [6.07, 6.45) is 2.41. The van der Waals surface area contributed by atoms with Crippen LogP contribution in [-0.4, -0.2) is 45.1 Å². The summed E-state index contributed by atoms with van der Waals surface area (Å²) in [5.74, 6) is 0.945. The first-order chi connectivity index (χ1) is 15.7. The van der Waals surface area contributed by atoms with Gasteiger partial charge in [0.1, 0.15) is 13.2 Å². The number of fused-ring (bicyclic) bond motifs is 2. The Labute approximate surface area is 182 Å². The molecule has 10 heteroatoms. The minimum atomic E-state index is -0.581. The number of hydrogen-bond donors (Lipinski definition) is 4. The molecule has 4 N–H and O–H groups in total. The predicted molar refractivity (Wildman–Crippen MR) is 117 cm³/mol. The number of aromatic nitrogens is 4. The van der Waals surface area contributed by atoms with E-state index in [1.807, 2.05) is 18.2 Å². The Morgan fingerprint density at radius 2 is 1.84 bits per heavy atom. The van der Waals surface area contributed by atoms with Crippen molar-refractivity contribution < 1.29 is 19.0 Å². The molecule has 0 aliphatic carbocycles.